The van der Waals surface area contributed by atoms with Crippen molar-refractivity contribution in [3.63, 3.8) is 0 Å². The fraction of sp³-hybridized carbons (Fsp3) is 0.250. The van der Waals surface area contributed by atoms with Gasteiger partial charge in [0.25, 0.3) is 0 Å². The van der Waals surface area contributed by atoms with Crippen LogP contribution >= 0.6 is 0 Å². The molecule has 1 aromatic rings. The number of ether oxygens (including phenoxy) is 1. The van der Waals surface area contributed by atoms with Gasteiger partial charge in [-0.2, -0.15) is 0 Å². The summed E-state index contributed by atoms with van der Waals surface area (Å²) in [4.78, 5) is 14.8. The molecule has 0 fully saturated rings. The van der Waals surface area contributed by atoms with Gasteiger partial charge in [0.15, 0.2) is 0 Å². The van der Waals surface area contributed by atoms with Gasteiger partial charge in [0, 0.05) is 12.4 Å². The number of esters is 1. The summed E-state index contributed by atoms with van der Waals surface area (Å²) < 4.78 is 26.0. The minimum Gasteiger partial charge on any atom is -0.465 e. The Morgan fingerprint density at radius 3 is 2.73 bits per heavy atom. The lowest BCUT2D eigenvalue weighted by molar-refractivity contribution is 0.0600. The van der Waals surface area contributed by atoms with E-state index in [1.54, 1.807) is 0 Å². The first kappa shape index (κ1) is 11.6. The van der Waals surface area contributed by atoms with Gasteiger partial charge in [-0.05, 0) is 11.6 Å². The first-order valence-corrected chi connectivity index (χ1v) is 5.66. The highest BCUT2D eigenvalue weighted by Crippen LogP contribution is 2.06. The second-order valence-electron chi connectivity index (χ2n) is 2.88. The first-order valence-electron chi connectivity index (χ1n) is 3.95. The minimum absolute atomic E-state index is 0.193. The summed E-state index contributed by atoms with van der Waals surface area (Å²) in [6, 6.07) is 1.38. The molecule has 0 saturated heterocycles. The third kappa shape index (κ3) is 3.64. The van der Waals surface area contributed by atoms with Crippen LogP contribution in [0.5, 0.6) is 0 Å². The van der Waals surface area contributed by atoms with E-state index in [9.17, 15) is 13.2 Å². The topological polar surface area (TPSA) is 99.3 Å². The molecule has 1 aromatic heterocycles. The van der Waals surface area contributed by atoms with E-state index in [1.807, 2.05) is 0 Å². The van der Waals surface area contributed by atoms with Gasteiger partial charge in [0.2, 0.25) is 10.0 Å². The monoisotopic (exact) mass is 230 g/mol. The molecule has 0 radical (unpaired) electrons. The van der Waals surface area contributed by atoms with E-state index in [2.05, 4.69) is 9.72 Å². The second kappa shape index (κ2) is 4.37. The van der Waals surface area contributed by atoms with Crippen LogP contribution in [0.1, 0.15) is 15.9 Å². The molecule has 7 heteroatoms. The van der Waals surface area contributed by atoms with Gasteiger partial charge in [-0.15, -0.1) is 0 Å². The summed E-state index contributed by atoms with van der Waals surface area (Å²) in [7, 11) is -2.39. The maximum Gasteiger partial charge on any atom is 0.339 e. The van der Waals surface area contributed by atoms with Crippen LogP contribution in [-0.4, -0.2) is 26.5 Å². The molecule has 82 valence electrons. The van der Waals surface area contributed by atoms with Crippen LogP contribution in [0.4, 0.5) is 0 Å². The Labute approximate surface area is 87.1 Å². The van der Waals surface area contributed by atoms with Gasteiger partial charge in [0.1, 0.15) is 0 Å². The van der Waals surface area contributed by atoms with Crippen molar-refractivity contribution in [3.8, 4) is 0 Å². The van der Waals surface area contributed by atoms with Gasteiger partial charge in [-0.3, -0.25) is 4.98 Å². The second-order valence-corrected chi connectivity index (χ2v) is 4.50. The van der Waals surface area contributed by atoms with Crippen molar-refractivity contribution in [2.24, 2.45) is 5.14 Å². The Hall–Kier alpha value is -1.47. The molecule has 0 bridgehead atoms. The Morgan fingerprint density at radius 1 is 1.53 bits per heavy atom. The molecule has 0 aromatic carbocycles. The Bertz CT molecular complexity index is 469. The highest BCUT2D eigenvalue weighted by atomic mass is 32.2. The van der Waals surface area contributed by atoms with Gasteiger partial charge in [-0.1, -0.05) is 0 Å². The Kier molecular flexibility index (Phi) is 3.38. The van der Waals surface area contributed by atoms with E-state index in [0.29, 0.717) is 5.56 Å². The van der Waals surface area contributed by atoms with Crippen LogP contribution in [0, 0.1) is 0 Å². The van der Waals surface area contributed by atoms with E-state index in [-0.39, 0.29) is 11.3 Å². The van der Waals surface area contributed by atoms with E-state index in [0.717, 1.165) is 0 Å². The van der Waals surface area contributed by atoms with E-state index >= 15 is 0 Å². The van der Waals surface area contributed by atoms with E-state index < -0.39 is 16.0 Å². The molecule has 0 unspecified atom stereocenters. The molecule has 2 N–H and O–H groups in total. The summed E-state index contributed by atoms with van der Waals surface area (Å²) in [6.45, 7) is 0. The number of rotatable bonds is 3. The van der Waals surface area contributed by atoms with Crippen molar-refractivity contribution in [2.75, 3.05) is 7.11 Å². The zero-order valence-corrected chi connectivity index (χ0v) is 8.82. The predicted octanol–water partition coefficient (Wildman–Crippen LogP) is -0.343. The molecule has 0 saturated carbocycles. The van der Waals surface area contributed by atoms with Crippen molar-refractivity contribution >= 4 is 16.0 Å². The maximum absolute atomic E-state index is 11.1. The van der Waals surface area contributed by atoms with Crippen LogP contribution < -0.4 is 5.14 Å². The molecule has 0 aliphatic rings. The fourth-order valence-corrected chi connectivity index (χ4v) is 1.65. The summed E-state index contributed by atoms with van der Waals surface area (Å²) in [5.74, 6) is -0.927. The maximum atomic E-state index is 11.1. The third-order valence-corrected chi connectivity index (χ3v) is 2.32. The Balaban J connectivity index is 2.98. The van der Waals surface area contributed by atoms with Crippen LogP contribution in [0.25, 0.3) is 0 Å². The van der Waals surface area contributed by atoms with Crippen molar-refractivity contribution < 1.29 is 17.9 Å². The SMILES string of the molecule is COC(=O)c1cncc(CS(N)(=O)=O)c1. The van der Waals surface area contributed by atoms with Crippen molar-refractivity contribution in [3.05, 3.63) is 29.6 Å². The molecule has 1 heterocycles. The molecule has 0 aliphatic heterocycles. The average molecular weight is 230 g/mol. The standard InChI is InChI=1S/C8H10N2O4S/c1-14-8(11)7-2-6(3-10-4-7)5-15(9,12)13/h2-4H,5H2,1H3,(H2,9,12,13). The lowest BCUT2D eigenvalue weighted by Gasteiger charge is -2.01. The predicted molar refractivity (Wildman–Crippen MR) is 52.4 cm³/mol. The van der Waals surface area contributed by atoms with Crippen LogP contribution in [0.3, 0.4) is 0 Å². The van der Waals surface area contributed by atoms with Crippen LogP contribution in [-0.2, 0) is 20.5 Å². The van der Waals surface area contributed by atoms with E-state index in [4.69, 9.17) is 5.14 Å². The van der Waals surface area contributed by atoms with Crippen LogP contribution in [0.15, 0.2) is 18.5 Å². The van der Waals surface area contributed by atoms with Gasteiger partial charge in [-0.25, -0.2) is 18.4 Å². The first-order chi connectivity index (χ1) is 6.92. The van der Waals surface area contributed by atoms with Crippen molar-refractivity contribution in [1.29, 1.82) is 0 Å². The number of aromatic nitrogens is 1. The molecule has 0 atom stereocenters. The number of hydrogen-bond acceptors (Lipinski definition) is 5. The third-order valence-electron chi connectivity index (χ3n) is 1.58. The zero-order chi connectivity index (χ0) is 11.5. The molecular weight excluding hydrogens is 220 g/mol. The molecule has 0 amide bonds. The number of nitrogens with two attached hydrogens (primary N) is 1. The number of nitrogens with zero attached hydrogens (tertiary/aromatic N) is 1. The lowest BCUT2D eigenvalue weighted by atomic mass is 10.2. The number of sulfonamides is 1. The van der Waals surface area contributed by atoms with Gasteiger partial charge in [0.05, 0.1) is 18.4 Å². The average Bonchev–Trinajstić information content (AvgIpc) is 2.14. The summed E-state index contributed by atoms with van der Waals surface area (Å²) in [5.41, 5.74) is 0.541. The molecule has 0 aliphatic carbocycles. The molecule has 0 spiro atoms. The fourth-order valence-electron chi connectivity index (χ4n) is 1.03. The number of pyridine rings is 1. The summed E-state index contributed by atoms with van der Waals surface area (Å²) in [6.07, 6.45) is 2.62. The van der Waals surface area contributed by atoms with Crippen LogP contribution in [0.2, 0.25) is 0 Å². The summed E-state index contributed by atoms with van der Waals surface area (Å²) in [5, 5.41) is 4.85. The van der Waals surface area contributed by atoms with Gasteiger partial charge < -0.3 is 4.74 Å². The number of primary sulfonamides is 1. The molecule has 1 rings (SSSR count). The smallest absolute Gasteiger partial charge is 0.339 e. The van der Waals surface area contributed by atoms with Crippen molar-refractivity contribution in [1.82, 2.24) is 4.98 Å². The Morgan fingerprint density at radius 2 is 2.20 bits per heavy atom. The van der Waals surface area contributed by atoms with E-state index in [1.165, 1.54) is 25.6 Å². The lowest BCUT2D eigenvalue weighted by Crippen LogP contribution is -2.15. The summed E-state index contributed by atoms with van der Waals surface area (Å²) >= 11 is 0. The normalized spacial score (nSPS) is 11.1. The molecule has 6 nitrogen and oxygen atoms in total. The minimum atomic E-state index is -3.62. The number of methoxy groups -OCH3 is 1. The largest absolute Gasteiger partial charge is 0.465 e. The van der Waals surface area contributed by atoms with Crippen molar-refractivity contribution in [2.45, 2.75) is 5.75 Å². The quantitative estimate of drug-likeness (QED) is 0.716. The number of hydrogen-bond donors (Lipinski definition) is 1. The van der Waals surface area contributed by atoms with Gasteiger partial charge >= 0.3 is 5.97 Å². The highest BCUT2D eigenvalue weighted by molar-refractivity contribution is 7.88. The zero-order valence-electron chi connectivity index (χ0n) is 8.00. The number of carbonyl (C=O) groups excluding carboxylic acids is 1. The highest BCUT2D eigenvalue weighted by Gasteiger charge is 2.10. The number of carbonyl (C=O) groups is 1. The molecule has 15 heavy (non-hydrogen) atoms. The molecular formula is C8H10N2O4S.